The molecule has 0 radical (unpaired) electrons. The van der Waals surface area contributed by atoms with Gasteiger partial charge in [0.1, 0.15) is 17.3 Å². The number of nitrogens with zero attached hydrogens (tertiary/aromatic N) is 1. The van der Waals surface area contributed by atoms with E-state index >= 15 is 0 Å². The molecule has 1 amide bonds. The van der Waals surface area contributed by atoms with Crippen LogP contribution in [0.5, 0.6) is 0 Å². The fourth-order valence-corrected chi connectivity index (χ4v) is 2.37. The third-order valence-corrected chi connectivity index (χ3v) is 3.59. The van der Waals surface area contributed by atoms with Gasteiger partial charge in [-0.3, -0.25) is 14.9 Å². The number of H-pyrrole nitrogens is 1. The van der Waals surface area contributed by atoms with Gasteiger partial charge in [0, 0.05) is 24.1 Å². The molecule has 1 aliphatic rings. The van der Waals surface area contributed by atoms with E-state index in [4.69, 9.17) is 0 Å². The average molecular weight is 307 g/mol. The van der Waals surface area contributed by atoms with Gasteiger partial charge in [0.15, 0.2) is 0 Å². The largest absolute Gasteiger partial charge is 0.351 e. The minimum Gasteiger partial charge on any atom is -0.351 e. The molecule has 0 aliphatic heterocycles. The topological polar surface area (TPSA) is 88.0 Å². The molecule has 2 atom stereocenters. The smallest absolute Gasteiger partial charge is 0.287 e. The number of aromatic nitrogens is 1. The predicted molar refractivity (Wildman–Crippen MR) is 72.4 cm³/mol. The lowest BCUT2D eigenvalue weighted by molar-refractivity contribution is -0.384. The lowest BCUT2D eigenvalue weighted by Gasteiger charge is -2.04. The van der Waals surface area contributed by atoms with E-state index in [2.05, 4.69) is 10.3 Å². The Kier molecular flexibility index (Phi) is 3.36. The Labute approximate surface area is 123 Å². The molecule has 22 heavy (non-hydrogen) atoms. The first kappa shape index (κ1) is 14.2. The SMILES string of the molecule is O=C(N[C@@H]1C[C@@H]1c1ccc(F)cc1F)c1cc([N+](=O)[O-])c[nH]1. The maximum absolute atomic E-state index is 13.6. The third kappa shape index (κ3) is 2.67. The van der Waals surface area contributed by atoms with E-state index in [1.807, 2.05) is 0 Å². The van der Waals surface area contributed by atoms with E-state index in [9.17, 15) is 23.7 Å². The molecule has 0 unspecified atom stereocenters. The standard InChI is InChI=1S/C14H11F2N3O3/c15-7-1-2-9(11(16)3-7)10-5-12(10)18-14(20)13-4-8(6-17-13)19(21)22/h1-4,6,10,12,17H,5H2,(H,18,20)/t10-,12-/m1/s1. The number of carbonyl (C=O) groups excluding carboxylic acids is 1. The molecular formula is C14H11F2N3O3. The molecule has 0 spiro atoms. The number of hydrogen-bond acceptors (Lipinski definition) is 3. The van der Waals surface area contributed by atoms with Crippen LogP contribution in [0, 0.1) is 21.7 Å². The van der Waals surface area contributed by atoms with Crippen molar-refractivity contribution in [2.45, 2.75) is 18.4 Å². The van der Waals surface area contributed by atoms with E-state index < -0.39 is 22.5 Å². The maximum atomic E-state index is 13.6. The molecule has 1 heterocycles. The number of halogens is 2. The van der Waals surface area contributed by atoms with Crippen molar-refractivity contribution in [3.63, 3.8) is 0 Å². The highest BCUT2D eigenvalue weighted by atomic mass is 19.1. The predicted octanol–water partition coefficient (Wildman–Crippen LogP) is 2.49. The van der Waals surface area contributed by atoms with Crippen LogP contribution < -0.4 is 5.32 Å². The Hall–Kier alpha value is -2.77. The summed E-state index contributed by atoms with van der Waals surface area (Å²) < 4.78 is 26.5. The van der Waals surface area contributed by atoms with E-state index in [0.717, 1.165) is 18.3 Å². The second kappa shape index (κ2) is 5.21. The third-order valence-electron chi connectivity index (χ3n) is 3.59. The summed E-state index contributed by atoms with van der Waals surface area (Å²) in [7, 11) is 0. The van der Waals surface area contributed by atoms with Crippen LogP contribution in [0.25, 0.3) is 0 Å². The van der Waals surface area contributed by atoms with E-state index in [0.29, 0.717) is 12.0 Å². The quantitative estimate of drug-likeness (QED) is 0.672. The number of carbonyl (C=O) groups is 1. The monoisotopic (exact) mass is 307 g/mol. The van der Waals surface area contributed by atoms with E-state index in [-0.39, 0.29) is 23.3 Å². The van der Waals surface area contributed by atoms with Crippen molar-refractivity contribution in [1.82, 2.24) is 10.3 Å². The van der Waals surface area contributed by atoms with E-state index in [1.165, 1.54) is 12.1 Å². The Balaban J connectivity index is 1.65. The van der Waals surface area contributed by atoms with Gasteiger partial charge in [-0.2, -0.15) is 0 Å². The summed E-state index contributed by atoms with van der Waals surface area (Å²) >= 11 is 0. The van der Waals surface area contributed by atoms with Crippen molar-refractivity contribution in [3.8, 4) is 0 Å². The molecule has 1 fully saturated rings. The normalized spacial score (nSPS) is 19.7. The highest BCUT2D eigenvalue weighted by Crippen LogP contribution is 2.42. The second-order valence-corrected chi connectivity index (χ2v) is 5.12. The van der Waals surface area contributed by atoms with Crippen LogP contribution in [-0.4, -0.2) is 21.9 Å². The van der Waals surface area contributed by atoms with Crippen LogP contribution in [0.1, 0.15) is 28.4 Å². The molecule has 0 bridgehead atoms. The minimum atomic E-state index is -0.652. The van der Waals surface area contributed by atoms with Crippen LogP contribution in [0.2, 0.25) is 0 Å². The first-order valence-corrected chi connectivity index (χ1v) is 6.54. The Morgan fingerprint density at radius 2 is 2.14 bits per heavy atom. The molecule has 8 heteroatoms. The summed E-state index contributed by atoms with van der Waals surface area (Å²) in [5, 5.41) is 13.2. The summed E-state index contributed by atoms with van der Waals surface area (Å²) in [6, 6.07) is 4.20. The number of amides is 1. The van der Waals surface area contributed by atoms with Crippen LogP contribution in [0.3, 0.4) is 0 Å². The lowest BCUT2D eigenvalue weighted by Crippen LogP contribution is -2.26. The van der Waals surface area contributed by atoms with Crippen molar-refractivity contribution >= 4 is 11.6 Å². The van der Waals surface area contributed by atoms with Crippen LogP contribution in [0.15, 0.2) is 30.5 Å². The fourth-order valence-electron chi connectivity index (χ4n) is 2.37. The maximum Gasteiger partial charge on any atom is 0.287 e. The summed E-state index contributed by atoms with van der Waals surface area (Å²) in [6.07, 6.45) is 1.66. The molecule has 0 saturated heterocycles. The van der Waals surface area contributed by atoms with Gasteiger partial charge in [-0.05, 0) is 18.1 Å². The molecule has 1 aromatic heterocycles. The summed E-state index contributed by atoms with van der Waals surface area (Å²) in [5.41, 5.74) is 0.211. The zero-order valence-electron chi connectivity index (χ0n) is 11.2. The summed E-state index contributed by atoms with van der Waals surface area (Å²) in [5.74, 6) is -2.00. The molecule has 2 aromatic rings. The number of nitrogens with one attached hydrogen (secondary N) is 2. The minimum absolute atomic E-state index is 0.0666. The molecule has 2 N–H and O–H groups in total. The Bertz CT molecular complexity index is 760. The van der Waals surface area contributed by atoms with Crippen molar-refractivity contribution < 1.29 is 18.5 Å². The van der Waals surface area contributed by atoms with Crippen molar-refractivity contribution in [2.75, 3.05) is 0 Å². The van der Waals surface area contributed by atoms with Gasteiger partial charge < -0.3 is 10.3 Å². The fraction of sp³-hybridized carbons (Fsp3) is 0.214. The van der Waals surface area contributed by atoms with Gasteiger partial charge in [-0.1, -0.05) is 6.07 Å². The van der Waals surface area contributed by atoms with Gasteiger partial charge >= 0.3 is 0 Å². The Morgan fingerprint density at radius 3 is 2.77 bits per heavy atom. The zero-order valence-corrected chi connectivity index (χ0v) is 11.2. The average Bonchev–Trinajstić information content (AvgIpc) is 3.02. The lowest BCUT2D eigenvalue weighted by atomic mass is 10.1. The molecule has 3 rings (SSSR count). The highest BCUT2D eigenvalue weighted by molar-refractivity contribution is 5.93. The first-order valence-electron chi connectivity index (χ1n) is 6.54. The van der Waals surface area contributed by atoms with Crippen molar-refractivity contribution in [2.24, 2.45) is 0 Å². The number of benzene rings is 1. The zero-order chi connectivity index (χ0) is 15.9. The molecule has 6 nitrogen and oxygen atoms in total. The number of rotatable bonds is 4. The van der Waals surface area contributed by atoms with Gasteiger partial charge in [0.25, 0.3) is 11.6 Å². The second-order valence-electron chi connectivity index (χ2n) is 5.12. The molecular weight excluding hydrogens is 296 g/mol. The van der Waals surface area contributed by atoms with Gasteiger partial charge in [-0.15, -0.1) is 0 Å². The van der Waals surface area contributed by atoms with E-state index in [1.54, 1.807) is 0 Å². The van der Waals surface area contributed by atoms with Gasteiger partial charge in [0.05, 0.1) is 11.1 Å². The van der Waals surface area contributed by atoms with Crippen LogP contribution >= 0.6 is 0 Å². The number of aromatic amines is 1. The molecule has 1 aliphatic carbocycles. The summed E-state index contributed by atoms with van der Waals surface area (Å²) in [4.78, 5) is 24.4. The molecule has 1 aromatic carbocycles. The highest BCUT2D eigenvalue weighted by Gasteiger charge is 2.41. The molecule has 114 valence electrons. The van der Waals surface area contributed by atoms with Gasteiger partial charge in [-0.25, -0.2) is 8.78 Å². The first-order chi connectivity index (χ1) is 10.5. The summed E-state index contributed by atoms with van der Waals surface area (Å²) in [6.45, 7) is 0. The number of hydrogen-bond donors (Lipinski definition) is 2. The van der Waals surface area contributed by atoms with Crippen molar-refractivity contribution in [3.05, 3.63) is 63.5 Å². The Morgan fingerprint density at radius 1 is 1.36 bits per heavy atom. The van der Waals surface area contributed by atoms with Crippen LogP contribution in [0.4, 0.5) is 14.5 Å². The number of nitro groups is 1. The van der Waals surface area contributed by atoms with Crippen molar-refractivity contribution in [1.29, 1.82) is 0 Å². The molecule has 1 saturated carbocycles. The van der Waals surface area contributed by atoms with Crippen LogP contribution in [-0.2, 0) is 0 Å². The van der Waals surface area contributed by atoms with Gasteiger partial charge in [0.2, 0.25) is 0 Å².